The zero-order valence-electron chi connectivity index (χ0n) is 37.7. The predicted molar refractivity (Wildman–Crippen MR) is 253 cm³/mol. The molecule has 8 aromatic rings. The first-order valence-electron chi connectivity index (χ1n) is 20.9. The van der Waals surface area contributed by atoms with Crippen LogP contribution in [-0.2, 0) is 49.8 Å². The Balaban J connectivity index is 0.00000544. The summed E-state index contributed by atoms with van der Waals surface area (Å²) in [6.45, 7) is 29.0. The van der Waals surface area contributed by atoms with Crippen LogP contribution in [0.1, 0.15) is 111 Å². The van der Waals surface area contributed by atoms with Gasteiger partial charge in [-0.2, -0.15) is 0 Å². The number of aromatic hydroxyl groups is 1. The van der Waals surface area contributed by atoms with Crippen LogP contribution < -0.4 is 0 Å². The van der Waals surface area contributed by atoms with Crippen molar-refractivity contribution in [1.82, 2.24) is 14.5 Å². The van der Waals surface area contributed by atoms with Gasteiger partial charge >= 0.3 is 0 Å². The van der Waals surface area contributed by atoms with E-state index in [1.54, 1.807) is 0 Å². The van der Waals surface area contributed by atoms with E-state index in [4.69, 9.17) is 9.97 Å². The first-order chi connectivity index (χ1) is 27.5. The average Bonchev–Trinajstić information content (AvgIpc) is 3.73. The van der Waals surface area contributed by atoms with Crippen LogP contribution in [-0.4, -0.2) is 19.6 Å². The van der Waals surface area contributed by atoms with E-state index >= 15 is 0 Å². The molecule has 0 bridgehead atoms. The maximum atomic E-state index is 11.9. The van der Waals surface area contributed by atoms with Crippen LogP contribution in [0.3, 0.4) is 0 Å². The molecule has 4 nitrogen and oxygen atoms in total. The van der Waals surface area contributed by atoms with E-state index < -0.39 is 0 Å². The third-order valence-electron chi connectivity index (χ3n) is 11.9. The maximum absolute atomic E-state index is 11.9. The van der Waals surface area contributed by atoms with E-state index in [9.17, 15) is 5.11 Å². The minimum Gasteiger partial charge on any atom is -0.507 e. The number of hydrogen-bond acceptors (Lipinski definition) is 4. The van der Waals surface area contributed by atoms with Gasteiger partial charge in [-0.15, -0.1) is 40.5 Å². The van der Waals surface area contributed by atoms with E-state index in [1.807, 2.05) is 18.4 Å². The van der Waals surface area contributed by atoms with Crippen molar-refractivity contribution >= 4 is 43.2 Å². The molecule has 0 unspecified atom stereocenters. The van der Waals surface area contributed by atoms with Gasteiger partial charge in [0.15, 0.2) is 0 Å². The van der Waals surface area contributed by atoms with Gasteiger partial charge in [-0.3, -0.25) is 4.98 Å². The van der Waals surface area contributed by atoms with Gasteiger partial charge in [0, 0.05) is 54.5 Å². The number of aryl methyl sites for hydroxylation is 2. The number of phenolic OH excluding ortho intramolecular Hbond substituents is 1. The Morgan fingerprint density at radius 3 is 1.97 bits per heavy atom. The van der Waals surface area contributed by atoms with Crippen LogP contribution in [0.4, 0.5) is 0 Å². The molecular weight excluding hydrogens is 934 g/mol. The van der Waals surface area contributed by atoms with Crippen LogP contribution in [0.25, 0.3) is 76.2 Å². The van der Waals surface area contributed by atoms with E-state index in [-0.39, 0.29) is 48.5 Å². The molecule has 1 N–H and O–H groups in total. The number of benzene rings is 5. The molecule has 5 aromatic carbocycles. The first kappa shape index (κ1) is 43.5. The smallest absolute Gasteiger partial charge is 0.144 e. The second-order valence-electron chi connectivity index (χ2n) is 20.6. The van der Waals surface area contributed by atoms with E-state index in [2.05, 4.69) is 192 Å². The van der Waals surface area contributed by atoms with Crippen molar-refractivity contribution in [3.05, 3.63) is 125 Å². The zero-order valence-corrected chi connectivity index (χ0v) is 40.8. The van der Waals surface area contributed by atoms with Gasteiger partial charge in [0.05, 0.1) is 22.3 Å². The van der Waals surface area contributed by atoms with Crippen molar-refractivity contribution in [3.63, 3.8) is 0 Å². The van der Waals surface area contributed by atoms with Gasteiger partial charge in [0.25, 0.3) is 0 Å². The number of phenols is 1. The van der Waals surface area contributed by atoms with Crippen LogP contribution in [0, 0.1) is 13.0 Å². The normalized spacial score (nSPS) is 12.8. The van der Waals surface area contributed by atoms with Crippen LogP contribution in [0.5, 0.6) is 5.75 Å². The number of thiophene rings is 1. The number of hydrogen-bond donors (Lipinski definition) is 1. The number of para-hydroxylation sites is 1. The molecule has 0 aliphatic heterocycles. The summed E-state index contributed by atoms with van der Waals surface area (Å²) in [5.74, 6) is 1.01. The number of fused-ring (bicyclic) bond motifs is 3. The summed E-state index contributed by atoms with van der Waals surface area (Å²) in [6.07, 6.45) is 0. The number of nitrogens with zero attached hydrogens (tertiary/aromatic N) is 3. The predicted octanol–water partition coefficient (Wildman–Crippen LogP) is 15.0. The molecule has 60 heavy (non-hydrogen) atoms. The van der Waals surface area contributed by atoms with Gasteiger partial charge in [-0.05, 0) is 80.5 Å². The summed E-state index contributed by atoms with van der Waals surface area (Å²) in [7, 11) is 2.05. The second-order valence-corrected chi connectivity index (χ2v) is 21.7. The molecule has 0 radical (unpaired) electrons. The Morgan fingerprint density at radius 2 is 1.32 bits per heavy atom. The van der Waals surface area contributed by atoms with Crippen molar-refractivity contribution in [1.29, 1.82) is 0 Å². The van der Waals surface area contributed by atoms with E-state index in [1.165, 1.54) is 32.5 Å². The standard InChI is InChI=1S/C54H58N3OS.Pt/c1-31-24-35(51(2,3)4)22-23-37(31)45-28-34-27-43(55-46(49(34)59-45)33-25-32-18-15-16-19-38(32)41(26-33)53(8,9)10)39-20-17-21-44-47(39)56-50(57(44)14)40-29-36(52(5,6)7)30-42(48(40)58)54(11,12)13;/h15-24,26-30,58H,1-14H3;/q-1;. The molecule has 0 atom stereocenters. The van der Waals surface area contributed by atoms with Crippen molar-refractivity contribution < 1.29 is 26.2 Å². The molecule has 8 rings (SSSR count). The number of imidazole rings is 1. The fourth-order valence-electron chi connectivity index (χ4n) is 8.36. The first-order valence-corrected chi connectivity index (χ1v) is 21.7. The molecule has 0 saturated heterocycles. The summed E-state index contributed by atoms with van der Waals surface area (Å²) < 4.78 is 3.26. The third-order valence-corrected chi connectivity index (χ3v) is 13.1. The fourth-order valence-corrected chi connectivity index (χ4v) is 9.59. The van der Waals surface area contributed by atoms with Gasteiger partial charge < -0.3 is 9.67 Å². The number of rotatable bonds is 4. The number of aromatic nitrogens is 3. The Morgan fingerprint density at radius 1 is 0.633 bits per heavy atom. The van der Waals surface area contributed by atoms with E-state index in [0.29, 0.717) is 0 Å². The summed E-state index contributed by atoms with van der Waals surface area (Å²) in [5.41, 5.74) is 13.1. The Bertz CT molecular complexity index is 2960. The molecule has 0 aliphatic rings. The van der Waals surface area contributed by atoms with Gasteiger partial charge in [-0.25, -0.2) is 4.98 Å². The monoisotopic (exact) mass is 991 g/mol. The fraction of sp³-hybridized carbons (Fsp3) is 0.333. The van der Waals surface area contributed by atoms with Gasteiger partial charge in [0.1, 0.15) is 11.6 Å². The molecular formula is C54H58N3OPtS-. The summed E-state index contributed by atoms with van der Waals surface area (Å²) in [5, 5.41) is 15.4. The molecule has 0 fully saturated rings. The Kier molecular flexibility index (Phi) is 11.0. The molecule has 6 heteroatoms. The van der Waals surface area contributed by atoms with Crippen molar-refractivity contribution in [3.8, 4) is 50.1 Å². The summed E-state index contributed by atoms with van der Waals surface area (Å²) in [6, 6.07) is 36.9. The molecule has 312 valence electrons. The van der Waals surface area contributed by atoms with Crippen LogP contribution >= 0.6 is 11.3 Å². The summed E-state index contributed by atoms with van der Waals surface area (Å²) >= 11 is 1.81. The van der Waals surface area contributed by atoms with E-state index in [0.717, 1.165) is 71.5 Å². The molecule has 0 saturated carbocycles. The zero-order chi connectivity index (χ0) is 42.6. The quantitative estimate of drug-likeness (QED) is 0.179. The van der Waals surface area contributed by atoms with Crippen LogP contribution in [0.15, 0.2) is 91.0 Å². The average molecular weight is 992 g/mol. The number of pyridine rings is 1. The van der Waals surface area contributed by atoms with Crippen molar-refractivity contribution in [2.24, 2.45) is 7.05 Å². The molecule has 3 aromatic heterocycles. The largest absolute Gasteiger partial charge is 0.507 e. The molecule has 0 spiro atoms. The maximum Gasteiger partial charge on any atom is 0.144 e. The van der Waals surface area contributed by atoms with Gasteiger partial charge in [-0.1, -0.05) is 149 Å². The van der Waals surface area contributed by atoms with Gasteiger partial charge in [0.2, 0.25) is 0 Å². The molecule has 3 heterocycles. The SMILES string of the molecule is Cc1cc(C(C)(C)C)ccc1-c1cc2cc(-c3cccc4c3nc(-c3cc(C(C)(C)C)cc(C(C)(C)C)c3O)n4C)nc(-c3[c-]c4ccccc4c(C(C)(C)C)c3)c2s1.[Pt]. The Hall–Kier alpha value is -4.57. The minimum absolute atomic E-state index is 0. The second kappa shape index (κ2) is 15.1. The topological polar surface area (TPSA) is 50.9 Å². The van der Waals surface area contributed by atoms with Crippen molar-refractivity contribution in [2.75, 3.05) is 0 Å². The van der Waals surface area contributed by atoms with Crippen LogP contribution in [0.2, 0.25) is 0 Å². The summed E-state index contributed by atoms with van der Waals surface area (Å²) in [4.78, 5) is 12.2. The Labute approximate surface area is 375 Å². The molecule has 0 amide bonds. The third kappa shape index (κ3) is 7.78. The van der Waals surface area contributed by atoms with Crippen molar-refractivity contribution in [2.45, 2.75) is 112 Å². The molecule has 0 aliphatic carbocycles. The minimum atomic E-state index is -0.259.